The molecule has 1 rings (SSSR count). The van der Waals surface area contributed by atoms with Crippen LogP contribution in [0.4, 0.5) is 15.3 Å². The number of rotatable bonds is 2. The standard InChI is InChI=1S/C9H8ClNO3S/c10-8(12)11(9(13)14-6-15)7-4-2-1-3-5-7/h1-5,15H,6H2. The number of carbonyl (C=O) groups excluding carboxylic acids is 2. The largest absolute Gasteiger partial charge is 0.438 e. The SMILES string of the molecule is O=C(Cl)N(C(=O)OCS)c1ccccc1. The maximum absolute atomic E-state index is 11.3. The number of ether oxygens (including phenoxy) is 1. The second-order valence-corrected chi connectivity index (χ2v) is 3.04. The van der Waals surface area contributed by atoms with E-state index in [1.165, 1.54) is 0 Å². The quantitative estimate of drug-likeness (QED) is 0.377. The van der Waals surface area contributed by atoms with E-state index in [0.29, 0.717) is 5.69 Å². The maximum atomic E-state index is 11.3. The predicted octanol–water partition coefficient (Wildman–Crippen LogP) is 2.88. The van der Waals surface area contributed by atoms with Gasteiger partial charge in [0.25, 0.3) is 0 Å². The zero-order valence-corrected chi connectivity index (χ0v) is 9.24. The Hall–Kier alpha value is -1.20. The normalized spacial score (nSPS) is 9.47. The average molecular weight is 246 g/mol. The Labute approximate surface area is 97.2 Å². The second-order valence-electron chi connectivity index (χ2n) is 2.46. The van der Waals surface area contributed by atoms with Crippen LogP contribution in [0.1, 0.15) is 0 Å². The number of hydrogen-bond donors (Lipinski definition) is 1. The van der Waals surface area contributed by atoms with Crippen LogP contribution in [0, 0.1) is 0 Å². The molecule has 0 atom stereocenters. The summed E-state index contributed by atoms with van der Waals surface area (Å²) in [4.78, 5) is 23.1. The minimum Gasteiger partial charge on any atom is -0.438 e. The Balaban J connectivity index is 2.94. The third-order valence-corrected chi connectivity index (χ3v) is 1.86. The second kappa shape index (κ2) is 5.63. The number of anilines is 1. The molecule has 1 aromatic carbocycles. The molecular weight excluding hydrogens is 238 g/mol. The van der Waals surface area contributed by atoms with E-state index in [1.54, 1.807) is 30.3 Å². The number of carbonyl (C=O) groups is 2. The number of para-hydroxylation sites is 1. The monoisotopic (exact) mass is 245 g/mol. The lowest BCUT2D eigenvalue weighted by atomic mass is 10.3. The highest BCUT2D eigenvalue weighted by molar-refractivity contribution is 7.80. The summed E-state index contributed by atoms with van der Waals surface area (Å²) in [5.41, 5.74) is 0.351. The van der Waals surface area contributed by atoms with Crippen molar-refractivity contribution in [3.63, 3.8) is 0 Å². The van der Waals surface area contributed by atoms with Gasteiger partial charge in [-0.1, -0.05) is 18.2 Å². The van der Waals surface area contributed by atoms with Crippen molar-refractivity contribution in [3.05, 3.63) is 30.3 Å². The van der Waals surface area contributed by atoms with E-state index in [0.717, 1.165) is 4.90 Å². The minimum absolute atomic E-state index is 0.119. The van der Waals surface area contributed by atoms with Gasteiger partial charge in [-0.3, -0.25) is 4.79 Å². The molecule has 0 N–H and O–H groups in total. The topological polar surface area (TPSA) is 46.6 Å². The maximum Gasteiger partial charge on any atom is 0.423 e. The smallest absolute Gasteiger partial charge is 0.423 e. The molecule has 1 aromatic rings. The lowest BCUT2D eigenvalue weighted by Crippen LogP contribution is -2.33. The van der Waals surface area contributed by atoms with Crippen LogP contribution in [0.2, 0.25) is 0 Å². The van der Waals surface area contributed by atoms with E-state index in [4.69, 9.17) is 11.6 Å². The van der Waals surface area contributed by atoms with E-state index in [1.807, 2.05) is 0 Å². The van der Waals surface area contributed by atoms with Gasteiger partial charge in [-0.15, -0.1) is 12.6 Å². The summed E-state index contributed by atoms with van der Waals surface area (Å²) in [7, 11) is 0. The summed E-state index contributed by atoms with van der Waals surface area (Å²) in [6, 6.07) is 8.25. The molecular formula is C9H8ClNO3S. The van der Waals surface area contributed by atoms with Crippen molar-refractivity contribution >= 4 is 41.4 Å². The van der Waals surface area contributed by atoms with Crippen LogP contribution in [0.5, 0.6) is 0 Å². The number of imide groups is 1. The highest BCUT2D eigenvalue weighted by atomic mass is 35.5. The molecule has 0 aliphatic heterocycles. The van der Waals surface area contributed by atoms with Gasteiger partial charge in [0.05, 0.1) is 5.69 Å². The van der Waals surface area contributed by atoms with Crippen LogP contribution in [-0.4, -0.2) is 17.4 Å². The molecule has 4 nitrogen and oxygen atoms in total. The molecule has 0 radical (unpaired) electrons. The third kappa shape index (κ3) is 3.14. The molecule has 0 unspecified atom stereocenters. The first-order valence-corrected chi connectivity index (χ1v) is 5.00. The molecule has 0 aliphatic rings. The van der Waals surface area contributed by atoms with Crippen molar-refractivity contribution in [2.24, 2.45) is 0 Å². The van der Waals surface area contributed by atoms with Crippen LogP contribution >= 0.6 is 24.2 Å². The first-order chi connectivity index (χ1) is 7.16. The Bertz CT molecular complexity index is 358. The Morgan fingerprint density at radius 2 is 1.93 bits per heavy atom. The lowest BCUT2D eigenvalue weighted by Gasteiger charge is -2.16. The number of thiol groups is 1. The van der Waals surface area contributed by atoms with Crippen molar-refractivity contribution < 1.29 is 14.3 Å². The molecule has 0 heterocycles. The highest BCUT2D eigenvalue weighted by Gasteiger charge is 2.22. The van der Waals surface area contributed by atoms with E-state index >= 15 is 0 Å². The summed E-state index contributed by atoms with van der Waals surface area (Å²) in [6.07, 6.45) is -0.851. The Morgan fingerprint density at radius 3 is 2.40 bits per heavy atom. The van der Waals surface area contributed by atoms with Crippen LogP contribution in [0.25, 0.3) is 0 Å². The number of benzene rings is 1. The zero-order chi connectivity index (χ0) is 11.3. The van der Waals surface area contributed by atoms with Crippen molar-refractivity contribution in [3.8, 4) is 0 Å². The average Bonchev–Trinajstić information content (AvgIpc) is 2.19. The number of hydrogen-bond acceptors (Lipinski definition) is 4. The lowest BCUT2D eigenvalue weighted by molar-refractivity contribution is 0.175. The molecule has 0 fully saturated rings. The van der Waals surface area contributed by atoms with Crippen LogP contribution < -0.4 is 4.90 Å². The van der Waals surface area contributed by atoms with Gasteiger partial charge in [-0.25, -0.2) is 9.69 Å². The predicted molar refractivity (Wildman–Crippen MR) is 60.5 cm³/mol. The first kappa shape index (κ1) is 11.9. The summed E-state index contributed by atoms with van der Waals surface area (Å²) in [6.45, 7) is 0. The van der Waals surface area contributed by atoms with Gasteiger partial charge < -0.3 is 4.74 Å². The molecule has 0 aliphatic carbocycles. The summed E-state index contributed by atoms with van der Waals surface area (Å²) < 4.78 is 4.57. The number of halogens is 1. The molecule has 0 aromatic heterocycles. The van der Waals surface area contributed by atoms with E-state index in [9.17, 15) is 9.59 Å². The first-order valence-electron chi connectivity index (χ1n) is 3.99. The Morgan fingerprint density at radius 1 is 1.33 bits per heavy atom. The van der Waals surface area contributed by atoms with E-state index < -0.39 is 11.5 Å². The van der Waals surface area contributed by atoms with Gasteiger partial charge in [-0.05, 0) is 23.7 Å². The number of nitrogens with zero attached hydrogens (tertiary/aromatic N) is 1. The molecule has 0 bridgehead atoms. The zero-order valence-electron chi connectivity index (χ0n) is 7.59. The van der Waals surface area contributed by atoms with Crippen LogP contribution in [-0.2, 0) is 4.74 Å². The Kier molecular flexibility index (Phi) is 4.45. The fourth-order valence-electron chi connectivity index (χ4n) is 0.976. The van der Waals surface area contributed by atoms with E-state index in [-0.39, 0.29) is 5.94 Å². The van der Waals surface area contributed by atoms with Gasteiger partial charge in [0.2, 0.25) is 0 Å². The molecule has 15 heavy (non-hydrogen) atoms. The van der Waals surface area contributed by atoms with Gasteiger partial charge in [0, 0.05) is 0 Å². The van der Waals surface area contributed by atoms with Gasteiger partial charge in [0.15, 0.2) is 0 Å². The molecule has 80 valence electrons. The molecule has 6 heteroatoms. The molecule has 0 saturated carbocycles. The minimum atomic E-state index is -0.923. The summed E-state index contributed by atoms with van der Waals surface area (Å²) in [5, 5.41) is -0.923. The molecule has 2 amide bonds. The summed E-state index contributed by atoms with van der Waals surface area (Å²) in [5.74, 6) is -0.119. The van der Waals surface area contributed by atoms with Crippen LogP contribution in [0.3, 0.4) is 0 Å². The number of amides is 2. The van der Waals surface area contributed by atoms with Crippen molar-refractivity contribution in [2.45, 2.75) is 0 Å². The van der Waals surface area contributed by atoms with Gasteiger partial charge in [-0.2, -0.15) is 0 Å². The van der Waals surface area contributed by atoms with Crippen molar-refractivity contribution in [1.29, 1.82) is 0 Å². The highest BCUT2D eigenvalue weighted by Crippen LogP contribution is 2.16. The van der Waals surface area contributed by atoms with Crippen molar-refractivity contribution in [1.82, 2.24) is 0 Å². The van der Waals surface area contributed by atoms with Crippen LogP contribution in [0.15, 0.2) is 30.3 Å². The summed E-state index contributed by atoms with van der Waals surface area (Å²) >= 11 is 8.98. The van der Waals surface area contributed by atoms with Gasteiger partial charge >= 0.3 is 11.5 Å². The fraction of sp³-hybridized carbons (Fsp3) is 0.111. The molecule has 0 saturated heterocycles. The third-order valence-electron chi connectivity index (χ3n) is 1.56. The molecule has 0 spiro atoms. The van der Waals surface area contributed by atoms with E-state index in [2.05, 4.69) is 17.4 Å². The van der Waals surface area contributed by atoms with Crippen molar-refractivity contribution in [2.75, 3.05) is 10.8 Å². The van der Waals surface area contributed by atoms with Gasteiger partial charge in [0.1, 0.15) is 5.94 Å². The fourth-order valence-corrected chi connectivity index (χ4v) is 1.25.